The van der Waals surface area contributed by atoms with Crippen molar-refractivity contribution >= 4 is 0 Å². The Hall–Kier alpha value is -1.02. The summed E-state index contributed by atoms with van der Waals surface area (Å²) in [5.74, 6) is 1.02. The van der Waals surface area contributed by atoms with Gasteiger partial charge in [0.05, 0.1) is 20.3 Å². The minimum atomic E-state index is 0.735. The lowest BCUT2D eigenvalue weighted by Gasteiger charge is -2.15. The van der Waals surface area contributed by atoms with E-state index in [1.54, 1.807) is 7.11 Å². The maximum atomic E-state index is 5.48. The van der Waals surface area contributed by atoms with Crippen LogP contribution in [0, 0.1) is 20.8 Å². The van der Waals surface area contributed by atoms with Gasteiger partial charge in [-0.15, -0.1) is 0 Å². The number of hydrogen-bond donors (Lipinski definition) is 0. The van der Waals surface area contributed by atoms with Gasteiger partial charge in [-0.05, 0) is 48.6 Å². The van der Waals surface area contributed by atoms with Crippen LogP contribution < -0.4 is 4.74 Å². The van der Waals surface area contributed by atoms with Gasteiger partial charge in [0.1, 0.15) is 5.75 Å². The van der Waals surface area contributed by atoms with Crippen LogP contribution in [-0.2, 0) is 18.0 Å². The molecule has 1 heterocycles. The van der Waals surface area contributed by atoms with Gasteiger partial charge in [-0.3, -0.25) is 0 Å². The van der Waals surface area contributed by atoms with Crippen LogP contribution in [0.2, 0.25) is 0 Å². The van der Waals surface area contributed by atoms with Gasteiger partial charge in [0.15, 0.2) is 0 Å². The summed E-state index contributed by atoms with van der Waals surface area (Å²) in [5.41, 5.74) is 6.49. The third-order valence-electron chi connectivity index (χ3n) is 3.21. The monoisotopic (exact) mass is 192 g/mol. The van der Waals surface area contributed by atoms with Crippen molar-refractivity contribution in [3.05, 3.63) is 27.8 Å². The molecule has 0 aliphatic carbocycles. The van der Waals surface area contributed by atoms with Crippen molar-refractivity contribution in [2.45, 2.75) is 34.0 Å². The summed E-state index contributed by atoms with van der Waals surface area (Å²) in [7, 11) is 1.73. The maximum absolute atomic E-state index is 5.48. The summed E-state index contributed by atoms with van der Waals surface area (Å²) >= 11 is 0. The Kier molecular flexibility index (Phi) is 2.23. The SMILES string of the molecule is COc1c(C)c(C)c2c(c1C)COC2. The number of benzene rings is 1. The van der Waals surface area contributed by atoms with Crippen LogP contribution in [0.15, 0.2) is 0 Å². The van der Waals surface area contributed by atoms with Crippen molar-refractivity contribution in [3.8, 4) is 5.75 Å². The molecule has 0 atom stereocenters. The summed E-state index contributed by atoms with van der Waals surface area (Å²) < 4.78 is 10.9. The lowest BCUT2D eigenvalue weighted by Crippen LogP contribution is -2.00. The molecular formula is C12H16O2. The number of rotatable bonds is 1. The molecule has 1 aromatic rings. The zero-order valence-electron chi connectivity index (χ0n) is 9.23. The van der Waals surface area contributed by atoms with Gasteiger partial charge in [0.25, 0.3) is 0 Å². The van der Waals surface area contributed by atoms with Gasteiger partial charge < -0.3 is 9.47 Å². The molecule has 2 rings (SSSR count). The molecule has 0 spiro atoms. The molecule has 0 radical (unpaired) electrons. The highest BCUT2D eigenvalue weighted by Crippen LogP contribution is 2.36. The van der Waals surface area contributed by atoms with E-state index in [1.165, 1.54) is 27.8 Å². The Morgan fingerprint density at radius 1 is 0.929 bits per heavy atom. The summed E-state index contributed by atoms with van der Waals surface area (Å²) in [5, 5.41) is 0. The van der Waals surface area contributed by atoms with Gasteiger partial charge in [-0.2, -0.15) is 0 Å². The Morgan fingerprint density at radius 3 is 2.07 bits per heavy atom. The molecule has 2 nitrogen and oxygen atoms in total. The molecule has 0 bridgehead atoms. The molecule has 1 aliphatic heterocycles. The molecule has 1 aliphatic rings. The van der Waals surface area contributed by atoms with E-state index >= 15 is 0 Å². The number of methoxy groups -OCH3 is 1. The highest BCUT2D eigenvalue weighted by molar-refractivity contribution is 5.54. The van der Waals surface area contributed by atoms with Gasteiger partial charge >= 0.3 is 0 Å². The minimum absolute atomic E-state index is 0.735. The first-order valence-corrected chi connectivity index (χ1v) is 4.90. The van der Waals surface area contributed by atoms with Crippen LogP contribution in [0.4, 0.5) is 0 Å². The zero-order valence-corrected chi connectivity index (χ0v) is 9.23. The fraction of sp³-hybridized carbons (Fsp3) is 0.500. The van der Waals surface area contributed by atoms with Crippen LogP contribution in [0.3, 0.4) is 0 Å². The summed E-state index contributed by atoms with van der Waals surface area (Å²) in [6.07, 6.45) is 0. The van der Waals surface area contributed by atoms with Gasteiger partial charge in [-0.1, -0.05) is 0 Å². The average Bonchev–Trinajstić information content (AvgIpc) is 2.64. The molecule has 0 saturated carbocycles. The molecule has 0 N–H and O–H groups in total. The maximum Gasteiger partial charge on any atom is 0.125 e. The Balaban J connectivity index is 2.73. The second-order valence-corrected chi connectivity index (χ2v) is 3.86. The van der Waals surface area contributed by atoms with Crippen molar-refractivity contribution in [2.24, 2.45) is 0 Å². The van der Waals surface area contributed by atoms with Crippen LogP contribution in [0.1, 0.15) is 27.8 Å². The highest BCUT2D eigenvalue weighted by Gasteiger charge is 2.21. The smallest absolute Gasteiger partial charge is 0.125 e. The van der Waals surface area contributed by atoms with Crippen molar-refractivity contribution in [1.29, 1.82) is 0 Å². The number of fused-ring (bicyclic) bond motifs is 1. The van der Waals surface area contributed by atoms with E-state index in [9.17, 15) is 0 Å². The third kappa shape index (κ3) is 1.14. The van der Waals surface area contributed by atoms with Gasteiger partial charge in [-0.25, -0.2) is 0 Å². The predicted octanol–water partition coefficient (Wildman–Crippen LogP) is 2.65. The van der Waals surface area contributed by atoms with Gasteiger partial charge in [0, 0.05) is 0 Å². The normalized spacial score (nSPS) is 14.3. The molecular weight excluding hydrogens is 176 g/mol. The summed E-state index contributed by atoms with van der Waals surface area (Å²) in [6.45, 7) is 7.86. The number of hydrogen-bond acceptors (Lipinski definition) is 2. The molecule has 0 unspecified atom stereocenters. The first-order valence-electron chi connectivity index (χ1n) is 4.90. The fourth-order valence-corrected chi connectivity index (χ4v) is 2.22. The van der Waals surface area contributed by atoms with Crippen LogP contribution in [0.25, 0.3) is 0 Å². The topological polar surface area (TPSA) is 18.5 Å². The first-order chi connectivity index (χ1) is 6.66. The predicted molar refractivity (Wildman–Crippen MR) is 55.7 cm³/mol. The minimum Gasteiger partial charge on any atom is -0.496 e. The van der Waals surface area contributed by atoms with E-state index in [0.29, 0.717) is 0 Å². The quantitative estimate of drug-likeness (QED) is 0.681. The molecule has 14 heavy (non-hydrogen) atoms. The fourth-order valence-electron chi connectivity index (χ4n) is 2.22. The van der Waals surface area contributed by atoms with E-state index in [-0.39, 0.29) is 0 Å². The molecule has 0 fully saturated rings. The third-order valence-corrected chi connectivity index (χ3v) is 3.21. The molecule has 76 valence electrons. The molecule has 2 heteroatoms. The van der Waals surface area contributed by atoms with Gasteiger partial charge in [0.2, 0.25) is 0 Å². The number of ether oxygens (including phenoxy) is 2. The van der Waals surface area contributed by atoms with Crippen molar-refractivity contribution in [3.63, 3.8) is 0 Å². The zero-order chi connectivity index (χ0) is 10.3. The van der Waals surface area contributed by atoms with Crippen molar-refractivity contribution in [2.75, 3.05) is 7.11 Å². The molecule has 0 amide bonds. The van der Waals surface area contributed by atoms with E-state index in [4.69, 9.17) is 9.47 Å². The lowest BCUT2D eigenvalue weighted by molar-refractivity contribution is 0.134. The average molecular weight is 192 g/mol. The van der Waals surface area contributed by atoms with Crippen molar-refractivity contribution < 1.29 is 9.47 Å². The van der Waals surface area contributed by atoms with Crippen LogP contribution >= 0.6 is 0 Å². The van der Waals surface area contributed by atoms with Crippen molar-refractivity contribution in [1.82, 2.24) is 0 Å². The Labute approximate surface area is 84.8 Å². The summed E-state index contributed by atoms with van der Waals surface area (Å²) in [6, 6.07) is 0. The van der Waals surface area contributed by atoms with Crippen LogP contribution in [0.5, 0.6) is 5.75 Å². The Bertz CT molecular complexity index is 374. The standard InChI is InChI=1S/C12H16O2/c1-7-8(2)12(13-4)9(3)11-6-14-5-10(7)11/h5-6H2,1-4H3. The van der Waals surface area contributed by atoms with E-state index in [1.807, 2.05) is 0 Å². The second-order valence-electron chi connectivity index (χ2n) is 3.86. The van der Waals surface area contributed by atoms with E-state index in [0.717, 1.165) is 19.0 Å². The lowest BCUT2D eigenvalue weighted by atomic mass is 9.94. The molecule has 0 saturated heterocycles. The largest absolute Gasteiger partial charge is 0.496 e. The molecule has 0 aromatic heterocycles. The second kappa shape index (κ2) is 3.28. The Morgan fingerprint density at radius 2 is 1.50 bits per heavy atom. The highest BCUT2D eigenvalue weighted by atomic mass is 16.5. The first kappa shape index (κ1) is 9.53. The van der Waals surface area contributed by atoms with E-state index < -0.39 is 0 Å². The van der Waals surface area contributed by atoms with E-state index in [2.05, 4.69) is 20.8 Å². The molecule has 1 aromatic carbocycles. The van der Waals surface area contributed by atoms with Crippen LogP contribution in [-0.4, -0.2) is 7.11 Å². The summed E-state index contributed by atoms with van der Waals surface area (Å²) in [4.78, 5) is 0.